The summed E-state index contributed by atoms with van der Waals surface area (Å²) in [6.45, 7) is 0. The smallest absolute Gasteiger partial charge is 0.265 e. The first kappa shape index (κ1) is 21.1. The number of amides is 2. The Morgan fingerprint density at radius 2 is 1.00 bits per heavy atom. The fourth-order valence-electron chi connectivity index (χ4n) is 3.29. The highest BCUT2D eigenvalue weighted by Crippen LogP contribution is 2.35. The number of para-hydroxylation sites is 2. The summed E-state index contributed by atoms with van der Waals surface area (Å²) in [6, 6.07) is 25.4. The molecule has 0 radical (unpaired) electrons. The van der Waals surface area contributed by atoms with Crippen molar-refractivity contribution < 1.29 is 18.0 Å². The van der Waals surface area contributed by atoms with Crippen LogP contribution in [0.4, 0.5) is 40.7 Å². The molecule has 0 saturated carbocycles. The Bertz CT molecular complexity index is 1130. The van der Waals surface area contributed by atoms with Crippen molar-refractivity contribution in [3.05, 3.63) is 115 Å². The topological polar surface area (TPSA) is 36.4 Å². The van der Waals surface area contributed by atoms with Crippen LogP contribution >= 0.6 is 0 Å². The van der Waals surface area contributed by atoms with Gasteiger partial charge in [-0.05, 0) is 60.7 Å². The fraction of sp³-hybridized carbons (Fsp3) is 0.0400. The first-order valence-corrected chi connectivity index (χ1v) is 9.77. The van der Waals surface area contributed by atoms with E-state index in [2.05, 4.69) is 4.98 Å². The van der Waals surface area contributed by atoms with Crippen LogP contribution in [-0.2, 0) is 6.18 Å². The molecule has 7 heteroatoms. The number of aromatic nitrogens is 1. The third-order valence-corrected chi connectivity index (χ3v) is 4.79. The number of nitrogens with zero attached hydrogens (tertiary/aromatic N) is 3. The molecule has 0 unspecified atom stereocenters. The maximum absolute atomic E-state index is 13.9. The molecular weight excluding hydrogens is 415 g/mol. The van der Waals surface area contributed by atoms with E-state index < -0.39 is 17.8 Å². The van der Waals surface area contributed by atoms with Crippen LogP contribution in [0.25, 0.3) is 0 Å². The summed E-state index contributed by atoms with van der Waals surface area (Å²) in [7, 11) is 0. The number of benzene rings is 3. The van der Waals surface area contributed by atoms with Crippen LogP contribution in [0.1, 0.15) is 5.56 Å². The third kappa shape index (κ3) is 4.46. The number of rotatable bonds is 4. The monoisotopic (exact) mass is 433 g/mol. The molecular formula is C25H18F3N3O. The van der Waals surface area contributed by atoms with Crippen molar-refractivity contribution in [2.24, 2.45) is 0 Å². The molecule has 0 N–H and O–H groups in total. The summed E-state index contributed by atoms with van der Waals surface area (Å²) < 4.78 is 39.2. The zero-order valence-corrected chi connectivity index (χ0v) is 16.8. The second-order valence-corrected chi connectivity index (χ2v) is 6.87. The zero-order valence-electron chi connectivity index (χ0n) is 16.8. The summed E-state index contributed by atoms with van der Waals surface area (Å²) in [5, 5.41) is 0. The van der Waals surface area contributed by atoms with Gasteiger partial charge in [-0.15, -0.1) is 0 Å². The van der Waals surface area contributed by atoms with E-state index in [0.29, 0.717) is 22.7 Å². The molecule has 0 fully saturated rings. The van der Waals surface area contributed by atoms with Crippen LogP contribution in [0.3, 0.4) is 0 Å². The van der Waals surface area contributed by atoms with Crippen molar-refractivity contribution in [1.82, 2.24) is 4.98 Å². The predicted octanol–water partition coefficient (Wildman–Crippen LogP) is 7.20. The Balaban J connectivity index is 1.83. The minimum Gasteiger partial charge on any atom is -0.265 e. The Morgan fingerprint density at radius 3 is 1.44 bits per heavy atom. The second-order valence-electron chi connectivity index (χ2n) is 6.87. The van der Waals surface area contributed by atoms with Gasteiger partial charge in [0.2, 0.25) is 0 Å². The number of halogens is 3. The van der Waals surface area contributed by atoms with Gasteiger partial charge < -0.3 is 0 Å². The van der Waals surface area contributed by atoms with Crippen LogP contribution in [-0.4, -0.2) is 11.0 Å². The average Bonchev–Trinajstić information content (AvgIpc) is 2.81. The summed E-state index contributed by atoms with van der Waals surface area (Å²) >= 11 is 0. The van der Waals surface area contributed by atoms with E-state index in [1.165, 1.54) is 34.3 Å². The Hall–Kier alpha value is -4.13. The first-order chi connectivity index (χ1) is 15.4. The van der Waals surface area contributed by atoms with E-state index in [4.69, 9.17) is 0 Å². The lowest BCUT2D eigenvalue weighted by molar-refractivity contribution is -0.137. The third-order valence-electron chi connectivity index (χ3n) is 4.79. The highest BCUT2D eigenvalue weighted by atomic mass is 19.4. The molecule has 32 heavy (non-hydrogen) atoms. The molecule has 1 aromatic heterocycles. The normalized spacial score (nSPS) is 11.1. The molecule has 0 bridgehead atoms. The maximum atomic E-state index is 13.9. The molecule has 3 aromatic carbocycles. The summed E-state index contributed by atoms with van der Waals surface area (Å²) in [5.74, 6) is 0. The van der Waals surface area contributed by atoms with Crippen LogP contribution in [0, 0.1) is 0 Å². The molecule has 160 valence electrons. The van der Waals surface area contributed by atoms with E-state index in [0.717, 1.165) is 12.1 Å². The summed E-state index contributed by atoms with van der Waals surface area (Å²) in [5.41, 5.74) is 1.23. The van der Waals surface area contributed by atoms with Gasteiger partial charge >= 0.3 is 12.2 Å². The minimum atomic E-state index is -4.47. The molecule has 2 amide bonds. The van der Waals surface area contributed by atoms with Gasteiger partial charge in [-0.1, -0.05) is 36.4 Å². The molecule has 0 aliphatic carbocycles. The van der Waals surface area contributed by atoms with Crippen LogP contribution in [0.2, 0.25) is 0 Å². The SMILES string of the molecule is O=C(N(c1ccccc1)c1ccccc1)N(c1ccncc1)c1ccc(C(F)(F)F)cc1. The number of anilines is 4. The number of urea groups is 1. The largest absolute Gasteiger partial charge is 0.416 e. The molecule has 0 aliphatic heterocycles. The highest BCUT2D eigenvalue weighted by molar-refractivity contribution is 6.12. The van der Waals surface area contributed by atoms with Gasteiger partial charge in [-0.2, -0.15) is 13.2 Å². The van der Waals surface area contributed by atoms with Crippen molar-refractivity contribution in [2.75, 3.05) is 9.80 Å². The van der Waals surface area contributed by atoms with E-state index in [-0.39, 0.29) is 0 Å². The van der Waals surface area contributed by atoms with Gasteiger partial charge in [0.15, 0.2) is 0 Å². The van der Waals surface area contributed by atoms with Crippen LogP contribution in [0.5, 0.6) is 0 Å². The van der Waals surface area contributed by atoms with Gasteiger partial charge in [0.25, 0.3) is 0 Å². The second kappa shape index (κ2) is 8.93. The molecule has 4 nitrogen and oxygen atoms in total. The average molecular weight is 433 g/mol. The van der Waals surface area contributed by atoms with Gasteiger partial charge in [-0.3, -0.25) is 14.8 Å². The van der Waals surface area contributed by atoms with Gasteiger partial charge in [0.05, 0.1) is 28.3 Å². The number of carbonyl (C=O) groups is 1. The molecule has 0 aliphatic rings. The number of alkyl halides is 3. The van der Waals surface area contributed by atoms with Crippen molar-refractivity contribution in [3.63, 3.8) is 0 Å². The quantitative estimate of drug-likeness (QED) is 0.341. The van der Waals surface area contributed by atoms with E-state index >= 15 is 0 Å². The highest BCUT2D eigenvalue weighted by Gasteiger charge is 2.31. The molecule has 0 atom stereocenters. The Morgan fingerprint density at radius 1 is 0.594 bits per heavy atom. The lowest BCUT2D eigenvalue weighted by Gasteiger charge is -2.31. The van der Waals surface area contributed by atoms with E-state index in [9.17, 15) is 18.0 Å². The van der Waals surface area contributed by atoms with Crippen LogP contribution in [0.15, 0.2) is 109 Å². The van der Waals surface area contributed by atoms with Crippen LogP contribution < -0.4 is 9.80 Å². The van der Waals surface area contributed by atoms with Gasteiger partial charge in [-0.25, -0.2) is 4.79 Å². The Kier molecular flexibility index (Phi) is 5.89. The molecule has 4 aromatic rings. The van der Waals surface area contributed by atoms with E-state index in [1.54, 1.807) is 36.4 Å². The van der Waals surface area contributed by atoms with Gasteiger partial charge in [0, 0.05) is 12.4 Å². The van der Waals surface area contributed by atoms with E-state index in [1.807, 2.05) is 36.4 Å². The summed E-state index contributed by atoms with van der Waals surface area (Å²) in [4.78, 5) is 20.8. The predicted molar refractivity (Wildman–Crippen MR) is 118 cm³/mol. The van der Waals surface area contributed by atoms with Crippen molar-refractivity contribution in [3.8, 4) is 0 Å². The number of hydrogen-bond acceptors (Lipinski definition) is 2. The standard InChI is InChI=1S/C25H18F3N3O/c26-25(27,28)19-11-13-22(14-12-19)31(23-15-17-29-18-16-23)24(32)30(20-7-3-1-4-8-20)21-9-5-2-6-10-21/h1-18H. The molecule has 0 saturated heterocycles. The lowest BCUT2D eigenvalue weighted by Crippen LogP contribution is -2.38. The first-order valence-electron chi connectivity index (χ1n) is 9.77. The van der Waals surface area contributed by atoms with Crippen molar-refractivity contribution in [2.45, 2.75) is 6.18 Å². The number of hydrogen-bond donors (Lipinski definition) is 0. The van der Waals surface area contributed by atoms with Crippen molar-refractivity contribution in [1.29, 1.82) is 0 Å². The maximum Gasteiger partial charge on any atom is 0.416 e. The fourth-order valence-corrected chi connectivity index (χ4v) is 3.29. The number of carbonyl (C=O) groups excluding carboxylic acids is 1. The number of pyridine rings is 1. The van der Waals surface area contributed by atoms with Crippen molar-refractivity contribution >= 4 is 28.8 Å². The Labute approximate surface area is 183 Å². The van der Waals surface area contributed by atoms with Gasteiger partial charge in [0.1, 0.15) is 0 Å². The lowest BCUT2D eigenvalue weighted by atomic mass is 10.1. The molecule has 4 rings (SSSR count). The zero-order chi connectivity index (χ0) is 22.6. The summed E-state index contributed by atoms with van der Waals surface area (Å²) in [6.07, 6.45) is -1.42. The molecule has 1 heterocycles. The molecule has 0 spiro atoms. The minimum absolute atomic E-state index is 0.297.